The second-order valence-electron chi connectivity index (χ2n) is 4.97. The highest BCUT2D eigenvalue weighted by molar-refractivity contribution is 5.69. The fourth-order valence-electron chi connectivity index (χ4n) is 1.74. The summed E-state index contributed by atoms with van der Waals surface area (Å²) in [6.07, 6.45) is 24.2. The molecule has 2 heteroatoms. The average molecular weight is 314 g/mol. The molecule has 2 nitrogen and oxygen atoms in total. The van der Waals surface area contributed by atoms with Crippen LogP contribution >= 0.6 is 0 Å². The van der Waals surface area contributed by atoms with Gasteiger partial charge in [0, 0.05) is 19.3 Å². The molecule has 0 heterocycles. The fourth-order valence-corrected chi connectivity index (χ4v) is 1.74. The Morgan fingerprint density at radius 2 is 1.43 bits per heavy atom. The van der Waals surface area contributed by atoms with Crippen molar-refractivity contribution in [3.05, 3.63) is 48.6 Å². The van der Waals surface area contributed by atoms with E-state index >= 15 is 0 Å². The van der Waals surface area contributed by atoms with Crippen molar-refractivity contribution in [2.24, 2.45) is 0 Å². The molecule has 0 unspecified atom stereocenters. The molecule has 0 aromatic heterocycles. The summed E-state index contributed by atoms with van der Waals surface area (Å²) in [6.45, 7) is 2.06. The van der Waals surface area contributed by atoms with Crippen LogP contribution in [0.4, 0.5) is 0 Å². The standard InChI is InChI=1S/C21H30O2/c1-3-4-5-6-7-8-9-10-11-12-13-14-15-16-17-18-19-20-21(22)23-2/h7-8,10-11,13-14,16-17H,3,6,9,12,15,18-20H2,1-2H3/b8-7-,11-10-,14-13-,17-16-. The highest BCUT2D eigenvalue weighted by Crippen LogP contribution is 2.00. The molecule has 0 aromatic carbocycles. The Labute approximate surface area is 142 Å². The Morgan fingerprint density at radius 1 is 0.870 bits per heavy atom. The van der Waals surface area contributed by atoms with E-state index in [0.29, 0.717) is 6.42 Å². The number of allylic oxidation sites excluding steroid dienone is 8. The first-order chi connectivity index (χ1) is 11.3. The Bertz CT molecular complexity index is 456. The summed E-state index contributed by atoms with van der Waals surface area (Å²) in [4.78, 5) is 10.9. The van der Waals surface area contributed by atoms with Crippen molar-refractivity contribution in [2.75, 3.05) is 7.11 Å². The molecule has 0 aliphatic heterocycles. The first-order valence-corrected chi connectivity index (χ1v) is 8.43. The van der Waals surface area contributed by atoms with E-state index in [9.17, 15) is 4.79 Å². The minimum absolute atomic E-state index is 0.131. The van der Waals surface area contributed by atoms with Gasteiger partial charge in [-0.2, -0.15) is 0 Å². The van der Waals surface area contributed by atoms with Gasteiger partial charge in [0.2, 0.25) is 0 Å². The lowest BCUT2D eigenvalue weighted by Gasteiger charge is -1.95. The van der Waals surface area contributed by atoms with Gasteiger partial charge in [0.1, 0.15) is 0 Å². The van der Waals surface area contributed by atoms with E-state index in [0.717, 1.165) is 44.9 Å². The molecule has 0 aliphatic carbocycles. The second kappa shape index (κ2) is 18.0. The highest BCUT2D eigenvalue weighted by Gasteiger charge is 1.96. The minimum atomic E-state index is -0.131. The second-order valence-corrected chi connectivity index (χ2v) is 4.97. The maximum atomic E-state index is 10.9. The van der Waals surface area contributed by atoms with Crippen LogP contribution in [0.2, 0.25) is 0 Å². The molecular formula is C21H30O2. The smallest absolute Gasteiger partial charge is 0.305 e. The zero-order chi connectivity index (χ0) is 17.0. The quantitative estimate of drug-likeness (QED) is 0.217. The lowest BCUT2D eigenvalue weighted by Crippen LogP contribution is -1.98. The number of methoxy groups -OCH3 is 1. The summed E-state index contributed by atoms with van der Waals surface area (Å²) < 4.78 is 4.59. The molecule has 0 aliphatic rings. The zero-order valence-electron chi connectivity index (χ0n) is 14.6. The van der Waals surface area contributed by atoms with Crippen LogP contribution in [0.5, 0.6) is 0 Å². The summed E-state index contributed by atoms with van der Waals surface area (Å²) in [5.74, 6) is 6.00. The normalized spacial score (nSPS) is 11.6. The van der Waals surface area contributed by atoms with Crippen molar-refractivity contribution in [1.82, 2.24) is 0 Å². The maximum Gasteiger partial charge on any atom is 0.305 e. The van der Waals surface area contributed by atoms with Crippen molar-refractivity contribution in [2.45, 2.75) is 58.3 Å². The third kappa shape index (κ3) is 17.9. The summed E-state index contributed by atoms with van der Waals surface area (Å²) in [5.41, 5.74) is 0. The lowest BCUT2D eigenvalue weighted by atomic mass is 10.2. The molecular weight excluding hydrogens is 284 g/mol. The molecule has 0 rings (SSSR count). The van der Waals surface area contributed by atoms with Gasteiger partial charge in [-0.25, -0.2) is 0 Å². The Hall–Kier alpha value is -2.01. The first-order valence-electron chi connectivity index (χ1n) is 8.43. The van der Waals surface area contributed by atoms with Crippen LogP contribution in [0.3, 0.4) is 0 Å². The number of carbonyl (C=O) groups excluding carboxylic acids is 1. The number of ether oxygens (including phenoxy) is 1. The van der Waals surface area contributed by atoms with E-state index in [1.165, 1.54) is 7.11 Å². The van der Waals surface area contributed by atoms with Crippen molar-refractivity contribution in [1.29, 1.82) is 0 Å². The number of carbonyl (C=O) groups is 1. The zero-order valence-corrected chi connectivity index (χ0v) is 14.6. The molecule has 23 heavy (non-hydrogen) atoms. The van der Waals surface area contributed by atoms with Gasteiger partial charge < -0.3 is 4.74 Å². The third-order valence-corrected chi connectivity index (χ3v) is 2.98. The molecule has 0 amide bonds. The van der Waals surface area contributed by atoms with Crippen LogP contribution in [0.1, 0.15) is 58.3 Å². The van der Waals surface area contributed by atoms with Gasteiger partial charge in [0.05, 0.1) is 7.11 Å². The van der Waals surface area contributed by atoms with Gasteiger partial charge in [-0.3, -0.25) is 4.79 Å². The van der Waals surface area contributed by atoms with E-state index < -0.39 is 0 Å². The van der Waals surface area contributed by atoms with Gasteiger partial charge in [0.25, 0.3) is 0 Å². The van der Waals surface area contributed by atoms with Gasteiger partial charge in [0.15, 0.2) is 0 Å². The van der Waals surface area contributed by atoms with E-state index in [1.807, 2.05) is 0 Å². The topological polar surface area (TPSA) is 26.3 Å². The van der Waals surface area contributed by atoms with Crippen LogP contribution in [0.25, 0.3) is 0 Å². The van der Waals surface area contributed by atoms with E-state index in [1.54, 1.807) is 0 Å². The van der Waals surface area contributed by atoms with Crippen LogP contribution < -0.4 is 0 Å². The highest BCUT2D eigenvalue weighted by atomic mass is 16.5. The van der Waals surface area contributed by atoms with Gasteiger partial charge in [-0.15, -0.1) is 5.92 Å². The monoisotopic (exact) mass is 314 g/mol. The van der Waals surface area contributed by atoms with E-state index in [-0.39, 0.29) is 5.97 Å². The van der Waals surface area contributed by atoms with Crippen molar-refractivity contribution in [3.8, 4) is 11.8 Å². The molecule has 0 spiro atoms. The number of hydrogen-bond acceptors (Lipinski definition) is 2. The average Bonchev–Trinajstić information content (AvgIpc) is 2.57. The van der Waals surface area contributed by atoms with E-state index in [4.69, 9.17) is 0 Å². The predicted octanol–water partition coefficient (Wildman–Crippen LogP) is 5.53. The fraction of sp³-hybridized carbons (Fsp3) is 0.476. The molecule has 126 valence electrons. The lowest BCUT2D eigenvalue weighted by molar-refractivity contribution is -0.140. The number of hydrogen-bond donors (Lipinski definition) is 0. The largest absolute Gasteiger partial charge is 0.469 e. The molecule has 0 radical (unpaired) electrons. The number of rotatable bonds is 11. The first kappa shape index (κ1) is 21.0. The van der Waals surface area contributed by atoms with Crippen LogP contribution in [0, 0.1) is 11.8 Å². The summed E-state index contributed by atoms with van der Waals surface area (Å²) in [6, 6.07) is 0. The van der Waals surface area contributed by atoms with Crippen LogP contribution in [0.15, 0.2) is 48.6 Å². The van der Waals surface area contributed by atoms with Crippen molar-refractivity contribution in [3.63, 3.8) is 0 Å². The molecule has 0 N–H and O–H groups in total. The summed E-state index contributed by atoms with van der Waals surface area (Å²) in [5, 5.41) is 0. The minimum Gasteiger partial charge on any atom is -0.469 e. The van der Waals surface area contributed by atoms with Gasteiger partial charge in [-0.1, -0.05) is 61.5 Å². The predicted molar refractivity (Wildman–Crippen MR) is 99.0 cm³/mol. The molecule has 0 aromatic rings. The van der Waals surface area contributed by atoms with Gasteiger partial charge in [-0.05, 0) is 32.1 Å². The van der Waals surface area contributed by atoms with Crippen molar-refractivity contribution >= 4 is 5.97 Å². The third-order valence-electron chi connectivity index (χ3n) is 2.98. The van der Waals surface area contributed by atoms with E-state index in [2.05, 4.69) is 72.1 Å². The summed E-state index contributed by atoms with van der Waals surface area (Å²) >= 11 is 0. The SMILES string of the molecule is CCC#CC/C=C\C/C=C\C/C=C\C/C=C\CCCC(=O)OC. The molecule has 0 saturated heterocycles. The Morgan fingerprint density at radius 3 is 2.00 bits per heavy atom. The van der Waals surface area contributed by atoms with Crippen LogP contribution in [-0.4, -0.2) is 13.1 Å². The Balaban J connectivity index is 3.49. The molecule has 0 bridgehead atoms. The van der Waals surface area contributed by atoms with Gasteiger partial charge >= 0.3 is 5.97 Å². The molecule has 0 atom stereocenters. The number of esters is 1. The molecule has 0 saturated carbocycles. The Kier molecular flexibility index (Phi) is 16.5. The van der Waals surface area contributed by atoms with Crippen LogP contribution in [-0.2, 0) is 9.53 Å². The summed E-state index contributed by atoms with van der Waals surface area (Å²) in [7, 11) is 1.43. The van der Waals surface area contributed by atoms with Crippen molar-refractivity contribution < 1.29 is 9.53 Å². The number of unbranched alkanes of at least 4 members (excludes halogenated alkanes) is 1. The maximum absolute atomic E-state index is 10.9. The molecule has 0 fully saturated rings.